The van der Waals surface area contributed by atoms with E-state index in [4.69, 9.17) is 4.98 Å². The molecule has 2 amide bonds. The van der Waals surface area contributed by atoms with Gasteiger partial charge < -0.3 is 25.4 Å². The number of rotatable bonds is 7. The number of hydrogen-bond acceptors (Lipinski definition) is 5. The van der Waals surface area contributed by atoms with E-state index in [1.807, 2.05) is 19.2 Å². The average Bonchev–Trinajstić information content (AvgIpc) is 3.28. The second-order valence-electron chi connectivity index (χ2n) is 11.5. The van der Waals surface area contributed by atoms with Crippen LogP contribution in [0.2, 0.25) is 0 Å². The summed E-state index contributed by atoms with van der Waals surface area (Å²) in [6, 6.07) is 8.82. The van der Waals surface area contributed by atoms with Gasteiger partial charge >= 0.3 is 0 Å². The molecule has 8 heteroatoms. The Labute approximate surface area is 231 Å². The fraction of sp³-hybridized carbons (Fsp3) is 0.516. The fourth-order valence-electron chi connectivity index (χ4n) is 6.11. The lowest BCUT2D eigenvalue weighted by Crippen LogP contribution is -2.50. The summed E-state index contributed by atoms with van der Waals surface area (Å²) in [5.41, 5.74) is 4.71. The summed E-state index contributed by atoms with van der Waals surface area (Å²) in [6.45, 7) is 14.7. The van der Waals surface area contributed by atoms with Gasteiger partial charge in [0.15, 0.2) is 0 Å². The molecule has 39 heavy (non-hydrogen) atoms. The van der Waals surface area contributed by atoms with E-state index in [-0.39, 0.29) is 29.7 Å². The van der Waals surface area contributed by atoms with Crippen LogP contribution in [0.5, 0.6) is 0 Å². The largest absolute Gasteiger partial charge is 0.354 e. The number of piperazine rings is 1. The second-order valence-corrected chi connectivity index (χ2v) is 11.5. The van der Waals surface area contributed by atoms with E-state index in [1.54, 1.807) is 0 Å². The molecule has 3 aromatic rings. The minimum atomic E-state index is -0.226. The minimum Gasteiger partial charge on any atom is -0.354 e. The zero-order valence-corrected chi connectivity index (χ0v) is 23.9. The third kappa shape index (κ3) is 5.53. The van der Waals surface area contributed by atoms with Crippen molar-refractivity contribution < 1.29 is 9.59 Å². The lowest BCUT2D eigenvalue weighted by atomic mass is 9.84. The first kappa shape index (κ1) is 27.2. The smallest absolute Gasteiger partial charge is 0.252 e. The molecule has 2 aromatic heterocycles. The SMILES string of the molecule is CC[C@H](C)n1cc(C)c2c(C(=O)NCC3C(=O)NC(C)CC3C)cc(-c3ccc(N4CCNCC4)nc3)cc21. The Morgan fingerprint density at radius 2 is 1.95 bits per heavy atom. The van der Waals surface area contributed by atoms with Gasteiger partial charge in [-0.15, -0.1) is 0 Å². The molecular weight excluding hydrogens is 488 g/mol. The van der Waals surface area contributed by atoms with Crippen molar-refractivity contribution in [1.82, 2.24) is 25.5 Å². The Hall–Kier alpha value is -3.39. The van der Waals surface area contributed by atoms with Crippen LogP contribution in [-0.4, -0.2) is 60.1 Å². The van der Waals surface area contributed by atoms with Gasteiger partial charge in [-0.1, -0.05) is 13.8 Å². The third-order valence-corrected chi connectivity index (χ3v) is 8.58. The molecule has 3 N–H and O–H groups in total. The molecule has 2 aliphatic heterocycles. The zero-order valence-electron chi connectivity index (χ0n) is 23.9. The highest BCUT2D eigenvalue weighted by Crippen LogP contribution is 2.34. The topological polar surface area (TPSA) is 91.3 Å². The molecule has 208 valence electrons. The van der Waals surface area contributed by atoms with Gasteiger partial charge in [-0.3, -0.25) is 9.59 Å². The van der Waals surface area contributed by atoms with Crippen LogP contribution in [0.1, 0.15) is 62.5 Å². The van der Waals surface area contributed by atoms with E-state index < -0.39 is 0 Å². The van der Waals surface area contributed by atoms with Crippen molar-refractivity contribution in [3.05, 3.63) is 47.8 Å². The molecule has 4 heterocycles. The monoisotopic (exact) mass is 530 g/mol. The maximum Gasteiger partial charge on any atom is 0.252 e. The highest BCUT2D eigenvalue weighted by molar-refractivity contribution is 6.09. The van der Waals surface area contributed by atoms with Crippen molar-refractivity contribution >= 4 is 28.5 Å². The summed E-state index contributed by atoms with van der Waals surface area (Å²) >= 11 is 0. The number of nitrogens with one attached hydrogen (secondary N) is 3. The fourth-order valence-corrected chi connectivity index (χ4v) is 6.11. The molecule has 8 nitrogen and oxygen atoms in total. The number of carbonyl (C=O) groups excluding carboxylic acids is 2. The number of hydrogen-bond donors (Lipinski definition) is 3. The molecule has 3 unspecified atom stereocenters. The molecule has 2 saturated heterocycles. The van der Waals surface area contributed by atoms with E-state index in [1.165, 1.54) is 0 Å². The van der Waals surface area contributed by atoms with Gasteiger partial charge in [-0.2, -0.15) is 0 Å². The van der Waals surface area contributed by atoms with Gasteiger partial charge in [-0.25, -0.2) is 4.98 Å². The van der Waals surface area contributed by atoms with Crippen molar-refractivity contribution in [2.24, 2.45) is 11.8 Å². The second kappa shape index (κ2) is 11.4. The number of aromatic nitrogens is 2. The minimum absolute atomic E-state index is 0.0233. The van der Waals surface area contributed by atoms with Crippen LogP contribution in [0, 0.1) is 18.8 Å². The standard InChI is InChI=1S/C31H42N6O2/c1-6-22(5)37-18-20(3)29-25(30(38)34-17-26-19(2)13-21(4)35-31(26)39)14-24(15-27(29)37)23-7-8-28(33-16-23)36-11-9-32-10-12-36/h7-8,14-16,18-19,21-22,26,32H,6,9-13,17H2,1-5H3,(H,34,38)(H,35,39)/t19?,21?,22-,26?/m0/s1. The molecule has 2 fully saturated rings. The number of nitrogens with zero attached hydrogens (tertiary/aromatic N) is 3. The highest BCUT2D eigenvalue weighted by Gasteiger charge is 2.32. The van der Waals surface area contributed by atoms with Crippen LogP contribution in [0.4, 0.5) is 5.82 Å². The van der Waals surface area contributed by atoms with E-state index in [0.29, 0.717) is 18.2 Å². The molecule has 0 bridgehead atoms. The molecule has 4 atom stereocenters. The Morgan fingerprint density at radius 3 is 2.62 bits per heavy atom. The number of amides is 2. The summed E-state index contributed by atoms with van der Waals surface area (Å²) in [4.78, 5) is 33.5. The van der Waals surface area contributed by atoms with E-state index in [0.717, 1.165) is 72.4 Å². The molecule has 2 aliphatic rings. The highest BCUT2D eigenvalue weighted by atomic mass is 16.2. The van der Waals surface area contributed by atoms with E-state index in [2.05, 4.69) is 77.5 Å². The molecule has 1 aromatic carbocycles. The van der Waals surface area contributed by atoms with Crippen LogP contribution >= 0.6 is 0 Å². The summed E-state index contributed by atoms with van der Waals surface area (Å²) < 4.78 is 2.28. The Balaban J connectivity index is 1.49. The Kier molecular flexibility index (Phi) is 7.93. The lowest BCUT2D eigenvalue weighted by Gasteiger charge is -2.32. The maximum atomic E-state index is 13.7. The van der Waals surface area contributed by atoms with Crippen LogP contribution in [0.15, 0.2) is 36.7 Å². The first-order valence-electron chi connectivity index (χ1n) is 14.4. The van der Waals surface area contributed by atoms with Gasteiger partial charge in [0.1, 0.15) is 5.82 Å². The van der Waals surface area contributed by atoms with Gasteiger partial charge in [-0.05, 0) is 74.9 Å². The number of anilines is 1. The third-order valence-electron chi connectivity index (χ3n) is 8.58. The summed E-state index contributed by atoms with van der Waals surface area (Å²) in [5, 5.41) is 10.5. The number of pyridine rings is 1. The van der Waals surface area contributed by atoms with Crippen LogP contribution in [0.3, 0.4) is 0 Å². The summed E-state index contributed by atoms with van der Waals surface area (Å²) in [7, 11) is 0. The van der Waals surface area contributed by atoms with Crippen molar-refractivity contribution in [3.63, 3.8) is 0 Å². The molecule has 0 spiro atoms. The maximum absolute atomic E-state index is 13.7. The predicted molar refractivity (Wildman–Crippen MR) is 157 cm³/mol. The predicted octanol–water partition coefficient (Wildman–Crippen LogP) is 4.28. The first-order chi connectivity index (χ1) is 18.8. The molecular formula is C31H42N6O2. The quantitative estimate of drug-likeness (QED) is 0.424. The van der Waals surface area contributed by atoms with Crippen molar-refractivity contribution in [3.8, 4) is 11.1 Å². The number of fused-ring (bicyclic) bond motifs is 1. The molecule has 0 saturated carbocycles. The zero-order chi connectivity index (χ0) is 27.7. The number of benzene rings is 1. The summed E-state index contributed by atoms with van der Waals surface area (Å²) in [6.07, 6.45) is 5.98. The van der Waals surface area contributed by atoms with Gasteiger partial charge in [0.05, 0.1) is 5.92 Å². The van der Waals surface area contributed by atoms with E-state index >= 15 is 0 Å². The van der Waals surface area contributed by atoms with Gasteiger partial charge in [0.2, 0.25) is 5.91 Å². The van der Waals surface area contributed by atoms with Crippen molar-refractivity contribution in [2.45, 2.75) is 59.5 Å². The molecule has 5 rings (SSSR count). The van der Waals surface area contributed by atoms with Crippen LogP contribution < -0.4 is 20.9 Å². The van der Waals surface area contributed by atoms with Gasteiger partial charge in [0.25, 0.3) is 5.91 Å². The Morgan fingerprint density at radius 1 is 1.18 bits per heavy atom. The van der Waals surface area contributed by atoms with Crippen LogP contribution in [0.25, 0.3) is 22.0 Å². The molecule has 0 radical (unpaired) electrons. The normalized spacial score (nSPS) is 22.5. The van der Waals surface area contributed by atoms with Crippen LogP contribution in [-0.2, 0) is 4.79 Å². The Bertz CT molecular complexity index is 1340. The number of piperidine rings is 1. The number of aryl methyl sites for hydroxylation is 1. The number of carbonyl (C=O) groups is 2. The molecule has 0 aliphatic carbocycles. The lowest BCUT2D eigenvalue weighted by molar-refractivity contribution is -0.129. The van der Waals surface area contributed by atoms with Gasteiger partial charge in [0, 0.05) is 79.2 Å². The summed E-state index contributed by atoms with van der Waals surface area (Å²) in [5.74, 6) is 0.851. The average molecular weight is 531 g/mol. The van der Waals surface area contributed by atoms with Crippen molar-refractivity contribution in [1.29, 1.82) is 0 Å². The first-order valence-corrected chi connectivity index (χ1v) is 14.4. The van der Waals surface area contributed by atoms with E-state index in [9.17, 15) is 9.59 Å². The van der Waals surface area contributed by atoms with Crippen molar-refractivity contribution in [2.75, 3.05) is 37.6 Å².